The summed E-state index contributed by atoms with van der Waals surface area (Å²) in [6.07, 6.45) is -1.30. The highest BCUT2D eigenvalue weighted by molar-refractivity contribution is 7.89. The van der Waals surface area contributed by atoms with Crippen LogP contribution in [-0.4, -0.2) is 36.1 Å². The molecule has 0 radical (unpaired) electrons. The highest BCUT2D eigenvalue weighted by atomic mass is 35.6. The van der Waals surface area contributed by atoms with Crippen molar-refractivity contribution in [1.82, 2.24) is 10.6 Å². The number of halogens is 4. The van der Waals surface area contributed by atoms with Crippen molar-refractivity contribution in [3.05, 3.63) is 24.3 Å². The Hall–Kier alpha value is -0.910. The maximum atomic E-state index is 12.3. The molecule has 0 aliphatic carbocycles. The number of carbonyl (C=O) groups excluding carboxylic acids is 1. The first-order chi connectivity index (χ1) is 10.9. The zero-order chi connectivity index (χ0) is 18.5. The first-order valence-electron chi connectivity index (χ1n) is 6.06. The summed E-state index contributed by atoms with van der Waals surface area (Å²) in [4.78, 5) is 11.0. The number of hydrogen-bond donors (Lipinski definition) is 4. The summed E-state index contributed by atoms with van der Waals surface area (Å²) < 4.78 is 32.6. The van der Waals surface area contributed by atoms with Crippen LogP contribution in [-0.2, 0) is 14.8 Å². The van der Waals surface area contributed by atoms with Gasteiger partial charge in [0.2, 0.25) is 13.8 Å². The third kappa shape index (κ3) is 6.91. The van der Waals surface area contributed by atoms with E-state index in [1.807, 2.05) is 0 Å². The number of nitrogens with two attached hydrogens (primary N) is 1. The minimum atomic E-state index is -3.81. The van der Waals surface area contributed by atoms with E-state index in [1.165, 1.54) is 24.3 Å². The van der Waals surface area contributed by atoms with Gasteiger partial charge in [-0.3, -0.25) is 4.79 Å². The molecule has 0 bridgehead atoms. The van der Waals surface area contributed by atoms with Crippen LogP contribution >= 0.6 is 47.0 Å². The molecule has 7 nitrogen and oxygen atoms in total. The molecule has 0 unspecified atom stereocenters. The third-order valence-electron chi connectivity index (χ3n) is 2.47. The Labute approximate surface area is 158 Å². The van der Waals surface area contributed by atoms with Crippen LogP contribution in [0.1, 0.15) is 0 Å². The fraction of sp³-hybridized carbons (Fsp3) is 0.273. The molecular formula is C11H12Cl3FN4O3S2. The van der Waals surface area contributed by atoms with E-state index in [4.69, 9.17) is 52.2 Å². The van der Waals surface area contributed by atoms with Gasteiger partial charge in [-0.15, -0.1) is 0 Å². The van der Waals surface area contributed by atoms with Crippen molar-refractivity contribution >= 4 is 73.8 Å². The third-order valence-corrected chi connectivity index (χ3v) is 4.27. The summed E-state index contributed by atoms with van der Waals surface area (Å²) in [6.45, 7) is -1.30. The Bertz CT molecular complexity index is 710. The summed E-state index contributed by atoms with van der Waals surface area (Å²) >= 11 is 22.0. The van der Waals surface area contributed by atoms with E-state index < -0.39 is 32.6 Å². The number of alkyl halides is 4. The number of anilines is 1. The summed E-state index contributed by atoms with van der Waals surface area (Å²) in [5.41, 5.74) is 0.403. The maximum Gasteiger partial charge on any atom is 0.253 e. The highest BCUT2D eigenvalue weighted by Gasteiger charge is 2.34. The normalized spacial score (nSPS) is 13.0. The second kappa shape index (κ2) is 8.45. The molecule has 0 heterocycles. The minimum absolute atomic E-state index is 0.0613. The fourth-order valence-electron chi connectivity index (χ4n) is 1.43. The first kappa shape index (κ1) is 21.1. The molecule has 0 aromatic heterocycles. The SMILES string of the molecule is NS(=O)(=O)c1ccc(NC(=S)N[C@H](NC(=O)CF)C(Cl)(Cl)Cl)cc1. The number of amides is 1. The molecule has 0 fully saturated rings. The van der Waals surface area contributed by atoms with Gasteiger partial charge in [-0.25, -0.2) is 17.9 Å². The second-order valence-electron chi connectivity index (χ2n) is 4.34. The molecule has 5 N–H and O–H groups in total. The number of primary sulfonamides is 1. The van der Waals surface area contributed by atoms with Crippen molar-refractivity contribution < 1.29 is 17.6 Å². The van der Waals surface area contributed by atoms with Gasteiger partial charge in [-0.1, -0.05) is 34.8 Å². The molecule has 134 valence electrons. The lowest BCUT2D eigenvalue weighted by Crippen LogP contribution is -2.56. The van der Waals surface area contributed by atoms with Gasteiger partial charge >= 0.3 is 0 Å². The molecular weight excluding hydrogens is 426 g/mol. The molecule has 1 aromatic rings. The van der Waals surface area contributed by atoms with Crippen molar-refractivity contribution in [3.63, 3.8) is 0 Å². The smallest absolute Gasteiger partial charge is 0.253 e. The predicted octanol–water partition coefficient (Wildman–Crippen LogP) is 1.40. The molecule has 13 heteroatoms. The largest absolute Gasteiger partial charge is 0.339 e. The van der Waals surface area contributed by atoms with Gasteiger partial charge in [0.15, 0.2) is 11.8 Å². The van der Waals surface area contributed by atoms with Crippen LogP contribution in [0.3, 0.4) is 0 Å². The molecule has 0 aliphatic rings. The lowest BCUT2D eigenvalue weighted by atomic mass is 10.3. The van der Waals surface area contributed by atoms with E-state index in [1.54, 1.807) is 0 Å². The molecule has 24 heavy (non-hydrogen) atoms. The standard InChI is InChI=1S/C11H12Cl3FN4O3S2/c12-11(13,14)9(18-8(20)5-15)19-10(23)17-6-1-3-7(4-2-6)24(16,21)22/h1-4,9H,5H2,(H,18,20)(H2,16,21,22)(H2,17,19,23)/t9-/m0/s1. The van der Waals surface area contributed by atoms with Gasteiger partial charge in [-0.2, -0.15) is 0 Å². The average molecular weight is 438 g/mol. The van der Waals surface area contributed by atoms with Crippen molar-refractivity contribution in [1.29, 1.82) is 0 Å². The molecule has 1 rings (SSSR count). The van der Waals surface area contributed by atoms with E-state index >= 15 is 0 Å². The average Bonchev–Trinajstić information content (AvgIpc) is 2.45. The molecule has 1 atom stereocenters. The van der Waals surface area contributed by atoms with Gasteiger partial charge < -0.3 is 16.0 Å². The van der Waals surface area contributed by atoms with Crippen LogP contribution in [0.2, 0.25) is 0 Å². The summed E-state index contributed by atoms with van der Waals surface area (Å²) in [7, 11) is -3.81. The van der Waals surface area contributed by atoms with Crippen molar-refractivity contribution in [2.24, 2.45) is 5.14 Å². The summed E-state index contributed by atoms with van der Waals surface area (Å²) in [6, 6.07) is 5.32. The van der Waals surface area contributed by atoms with E-state index in [9.17, 15) is 17.6 Å². The topological polar surface area (TPSA) is 113 Å². The van der Waals surface area contributed by atoms with Crippen LogP contribution in [0, 0.1) is 0 Å². The number of benzene rings is 1. The van der Waals surface area contributed by atoms with Crippen molar-refractivity contribution in [2.45, 2.75) is 14.9 Å². The lowest BCUT2D eigenvalue weighted by molar-refractivity contribution is -0.122. The van der Waals surface area contributed by atoms with E-state index in [0.29, 0.717) is 5.69 Å². The number of rotatable bonds is 5. The minimum Gasteiger partial charge on any atom is -0.339 e. The van der Waals surface area contributed by atoms with Gasteiger partial charge in [0.25, 0.3) is 5.91 Å². The summed E-state index contributed by atoms with van der Waals surface area (Å²) in [5.74, 6) is -1.00. The van der Waals surface area contributed by atoms with Crippen LogP contribution < -0.4 is 21.1 Å². The van der Waals surface area contributed by atoms with E-state index in [2.05, 4.69) is 16.0 Å². The summed E-state index contributed by atoms with van der Waals surface area (Å²) in [5, 5.41) is 12.2. The second-order valence-corrected chi connectivity index (χ2v) is 8.68. The zero-order valence-electron chi connectivity index (χ0n) is 11.7. The fourth-order valence-corrected chi connectivity index (χ4v) is 2.50. The van der Waals surface area contributed by atoms with Gasteiger partial charge in [0.1, 0.15) is 6.17 Å². The number of thiocarbonyl (C=S) groups is 1. The Morgan fingerprint density at radius 2 is 1.79 bits per heavy atom. The Balaban J connectivity index is 2.77. The Morgan fingerprint density at radius 1 is 1.25 bits per heavy atom. The highest BCUT2D eigenvalue weighted by Crippen LogP contribution is 2.29. The monoisotopic (exact) mass is 436 g/mol. The zero-order valence-corrected chi connectivity index (χ0v) is 15.6. The van der Waals surface area contributed by atoms with E-state index in [-0.39, 0.29) is 10.0 Å². The molecule has 0 aliphatic heterocycles. The van der Waals surface area contributed by atoms with Crippen LogP contribution in [0.4, 0.5) is 10.1 Å². The Morgan fingerprint density at radius 3 is 2.21 bits per heavy atom. The number of nitrogens with one attached hydrogen (secondary N) is 3. The first-order valence-corrected chi connectivity index (χ1v) is 9.15. The van der Waals surface area contributed by atoms with Gasteiger partial charge in [0.05, 0.1) is 4.90 Å². The maximum absolute atomic E-state index is 12.3. The van der Waals surface area contributed by atoms with Crippen LogP contribution in [0.5, 0.6) is 0 Å². The van der Waals surface area contributed by atoms with Crippen molar-refractivity contribution in [2.75, 3.05) is 12.0 Å². The van der Waals surface area contributed by atoms with E-state index in [0.717, 1.165) is 0 Å². The van der Waals surface area contributed by atoms with Crippen molar-refractivity contribution in [3.8, 4) is 0 Å². The molecule has 1 amide bonds. The quantitative estimate of drug-likeness (QED) is 0.315. The van der Waals surface area contributed by atoms with Gasteiger partial charge in [-0.05, 0) is 36.5 Å². The lowest BCUT2D eigenvalue weighted by Gasteiger charge is -2.27. The van der Waals surface area contributed by atoms with Gasteiger partial charge in [0, 0.05) is 5.69 Å². The van der Waals surface area contributed by atoms with Crippen LogP contribution in [0.15, 0.2) is 29.2 Å². The molecule has 0 saturated carbocycles. The number of sulfonamides is 1. The molecule has 0 saturated heterocycles. The number of carbonyl (C=O) groups is 1. The number of hydrogen-bond acceptors (Lipinski definition) is 4. The molecule has 1 aromatic carbocycles. The molecule has 0 spiro atoms. The predicted molar refractivity (Wildman–Crippen MR) is 95.4 cm³/mol. The Kier molecular flexibility index (Phi) is 7.44. The van der Waals surface area contributed by atoms with Crippen LogP contribution in [0.25, 0.3) is 0 Å².